The van der Waals surface area contributed by atoms with Crippen molar-refractivity contribution in [3.05, 3.63) is 29.8 Å². The third-order valence-corrected chi connectivity index (χ3v) is 3.01. The van der Waals surface area contributed by atoms with Crippen molar-refractivity contribution in [2.45, 2.75) is 44.8 Å². The third kappa shape index (κ3) is 2.96. The van der Waals surface area contributed by atoms with Crippen LogP contribution >= 0.6 is 0 Å². The first-order valence-electron chi connectivity index (χ1n) is 5.67. The van der Waals surface area contributed by atoms with Crippen molar-refractivity contribution in [3.63, 3.8) is 0 Å². The van der Waals surface area contributed by atoms with Gasteiger partial charge in [0.25, 0.3) is 0 Å². The minimum absolute atomic E-state index is 0.0791. The molecule has 1 radical (unpaired) electrons. The average molecular weight is 204 g/mol. The number of hydrogen-bond donors (Lipinski definition) is 2. The lowest BCUT2D eigenvalue weighted by atomic mass is 9.93. The molecular formula is C13H18NO. The van der Waals surface area contributed by atoms with E-state index in [-0.39, 0.29) is 6.10 Å². The first-order chi connectivity index (χ1) is 7.24. The lowest BCUT2D eigenvalue weighted by molar-refractivity contribution is 0.126. The van der Waals surface area contributed by atoms with Gasteiger partial charge >= 0.3 is 0 Å². The molecule has 1 saturated carbocycles. The molecule has 0 bridgehead atoms. The Morgan fingerprint density at radius 2 is 2.07 bits per heavy atom. The Hall–Kier alpha value is -1.02. The minimum atomic E-state index is -0.0791. The van der Waals surface area contributed by atoms with Gasteiger partial charge in [-0.15, -0.1) is 0 Å². The van der Waals surface area contributed by atoms with Crippen LogP contribution in [-0.2, 0) is 0 Å². The molecule has 2 rings (SSSR count). The second kappa shape index (κ2) is 4.67. The fourth-order valence-corrected chi connectivity index (χ4v) is 2.10. The van der Waals surface area contributed by atoms with Gasteiger partial charge in [0.05, 0.1) is 6.10 Å². The Labute approximate surface area is 91.3 Å². The van der Waals surface area contributed by atoms with Crippen LogP contribution in [-0.4, -0.2) is 17.3 Å². The fourth-order valence-electron chi connectivity index (χ4n) is 2.10. The van der Waals surface area contributed by atoms with Gasteiger partial charge in [-0.1, -0.05) is 12.1 Å². The smallest absolute Gasteiger partial charge is 0.0541 e. The number of hydrogen-bond acceptors (Lipinski definition) is 2. The Bertz CT molecular complexity index is 316. The minimum Gasteiger partial charge on any atom is -0.393 e. The van der Waals surface area contributed by atoms with Crippen molar-refractivity contribution < 1.29 is 5.11 Å². The molecule has 0 unspecified atom stereocenters. The highest BCUT2D eigenvalue weighted by molar-refractivity contribution is 5.45. The standard InChI is InChI=1S/C13H18NO/c1-10-3-2-4-12(9-10)14-11-5-7-13(15)8-6-11/h2-3,9,11,13-15H,5-8H2,1H3. The van der Waals surface area contributed by atoms with Crippen molar-refractivity contribution in [2.75, 3.05) is 5.32 Å². The number of aliphatic hydroxyl groups is 1. The zero-order valence-corrected chi connectivity index (χ0v) is 9.16. The van der Waals surface area contributed by atoms with Gasteiger partial charge in [0.1, 0.15) is 0 Å². The second-order valence-corrected chi connectivity index (χ2v) is 4.43. The molecule has 0 aliphatic heterocycles. The van der Waals surface area contributed by atoms with Crippen LogP contribution in [0.5, 0.6) is 0 Å². The van der Waals surface area contributed by atoms with Crippen molar-refractivity contribution in [1.29, 1.82) is 0 Å². The molecule has 0 spiro atoms. The van der Waals surface area contributed by atoms with E-state index in [4.69, 9.17) is 0 Å². The van der Waals surface area contributed by atoms with Crippen LogP contribution < -0.4 is 5.32 Å². The first kappa shape index (κ1) is 10.5. The Morgan fingerprint density at radius 3 is 2.73 bits per heavy atom. The van der Waals surface area contributed by atoms with Gasteiger partial charge in [0.2, 0.25) is 0 Å². The number of rotatable bonds is 2. The van der Waals surface area contributed by atoms with E-state index in [0.29, 0.717) is 6.04 Å². The summed E-state index contributed by atoms with van der Waals surface area (Å²) in [5.74, 6) is 0. The van der Waals surface area contributed by atoms with Gasteiger partial charge in [-0.2, -0.15) is 0 Å². The number of aliphatic hydroxyl groups excluding tert-OH is 1. The monoisotopic (exact) mass is 204 g/mol. The highest BCUT2D eigenvalue weighted by Gasteiger charge is 2.18. The molecule has 2 heteroatoms. The van der Waals surface area contributed by atoms with Crippen molar-refractivity contribution in [1.82, 2.24) is 0 Å². The number of nitrogens with one attached hydrogen (secondary N) is 1. The summed E-state index contributed by atoms with van der Waals surface area (Å²) in [5.41, 5.74) is 2.34. The molecule has 1 fully saturated rings. The fraction of sp³-hybridized carbons (Fsp3) is 0.538. The van der Waals surface area contributed by atoms with E-state index in [1.54, 1.807) is 0 Å². The van der Waals surface area contributed by atoms with Gasteiger partial charge in [-0.3, -0.25) is 0 Å². The maximum Gasteiger partial charge on any atom is 0.0541 e. The molecule has 2 nitrogen and oxygen atoms in total. The largest absolute Gasteiger partial charge is 0.393 e. The molecule has 0 saturated heterocycles. The normalized spacial score (nSPS) is 26.3. The van der Waals surface area contributed by atoms with Gasteiger partial charge in [0.15, 0.2) is 0 Å². The number of aryl methyl sites for hydroxylation is 1. The van der Waals surface area contributed by atoms with Gasteiger partial charge in [0, 0.05) is 17.8 Å². The van der Waals surface area contributed by atoms with Crippen LogP contribution in [0.4, 0.5) is 5.69 Å². The second-order valence-electron chi connectivity index (χ2n) is 4.43. The van der Waals surface area contributed by atoms with Crippen LogP contribution in [0.2, 0.25) is 0 Å². The molecule has 1 aliphatic carbocycles. The van der Waals surface area contributed by atoms with E-state index in [9.17, 15) is 5.11 Å². The average Bonchev–Trinajstić information content (AvgIpc) is 2.22. The number of benzene rings is 1. The van der Waals surface area contributed by atoms with E-state index < -0.39 is 0 Å². The molecule has 0 heterocycles. The van der Waals surface area contributed by atoms with Crippen molar-refractivity contribution in [3.8, 4) is 0 Å². The van der Waals surface area contributed by atoms with Crippen LogP contribution in [0.25, 0.3) is 0 Å². The summed E-state index contributed by atoms with van der Waals surface area (Å²) in [6.45, 7) is 2.09. The first-order valence-corrected chi connectivity index (χ1v) is 5.67. The molecule has 2 N–H and O–H groups in total. The summed E-state index contributed by atoms with van der Waals surface area (Å²) in [5, 5.41) is 12.9. The van der Waals surface area contributed by atoms with E-state index in [1.807, 2.05) is 6.07 Å². The van der Waals surface area contributed by atoms with Gasteiger partial charge in [-0.05, 0) is 44.2 Å². The lowest BCUT2D eigenvalue weighted by Crippen LogP contribution is -2.28. The predicted octanol–water partition coefficient (Wildman–Crippen LogP) is 2.51. The Kier molecular flexibility index (Phi) is 3.27. The summed E-state index contributed by atoms with van der Waals surface area (Å²) < 4.78 is 0. The quantitative estimate of drug-likeness (QED) is 0.775. The zero-order valence-electron chi connectivity index (χ0n) is 9.16. The Balaban J connectivity index is 1.92. The molecule has 81 valence electrons. The maximum absolute atomic E-state index is 9.40. The van der Waals surface area contributed by atoms with Crippen molar-refractivity contribution in [2.24, 2.45) is 0 Å². The predicted molar refractivity (Wildman–Crippen MR) is 61.9 cm³/mol. The van der Waals surface area contributed by atoms with E-state index in [0.717, 1.165) is 31.4 Å². The van der Waals surface area contributed by atoms with Crippen LogP contribution in [0.3, 0.4) is 0 Å². The topological polar surface area (TPSA) is 32.3 Å². The molecule has 0 atom stereocenters. The molecule has 0 aromatic heterocycles. The molecule has 1 aromatic carbocycles. The molecule has 0 amide bonds. The van der Waals surface area contributed by atoms with Crippen molar-refractivity contribution >= 4 is 5.69 Å². The summed E-state index contributed by atoms with van der Waals surface area (Å²) >= 11 is 0. The zero-order chi connectivity index (χ0) is 10.7. The highest BCUT2D eigenvalue weighted by atomic mass is 16.3. The van der Waals surface area contributed by atoms with Gasteiger partial charge < -0.3 is 10.4 Å². The summed E-state index contributed by atoms with van der Waals surface area (Å²) in [6.07, 6.45) is 3.88. The Morgan fingerprint density at radius 1 is 1.33 bits per heavy atom. The van der Waals surface area contributed by atoms with Gasteiger partial charge in [-0.25, -0.2) is 0 Å². The van der Waals surface area contributed by atoms with E-state index in [2.05, 4.69) is 30.4 Å². The van der Waals surface area contributed by atoms with Crippen LogP contribution in [0.1, 0.15) is 31.2 Å². The summed E-state index contributed by atoms with van der Waals surface area (Å²) in [7, 11) is 0. The molecular weight excluding hydrogens is 186 g/mol. The lowest BCUT2D eigenvalue weighted by Gasteiger charge is -2.27. The van der Waals surface area contributed by atoms with E-state index >= 15 is 0 Å². The van der Waals surface area contributed by atoms with E-state index in [1.165, 1.54) is 5.56 Å². The highest BCUT2D eigenvalue weighted by Crippen LogP contribution is 2.22. The molecule has 1 aromatic rings. The summed E-state index contributed by atoms with van der Waals surface area (Å²) in [4.78, 5) is 0. The van der Waals surface area contributed by atoms with Crippen LogP contribution in [0, 0.1) is 13.0 Å². The molecule has 1 aliphatic rings. The van der Waals surface area contributed by atoms with Crippen LogP contribution in [0.15, 0.2) is 18.2 Å². The third-order valence-electron chi connectivity index (χ3n) is 3.01. The molecule has 15 heavy (non-hydrogen) atoms. The summed E-state index contributed by atoms with van der Waals surface area (Å²) in [6, 6.07) is 9.82. The maximum atomic E-state index is 9.40. The SMILES string of the molecule is Cc1cc[c]c(NC2CCC(O)CC2)c1. The number of anilines is 1.